The normalized spacial score (nSPS) is 11.6. The Labute approximate surface area is 142 Å². The summed E-state index contributed by atoms with van der Waals surface area (Å²) in [5, 5.41) is 7.98. The highest BCUT2D eigenvalue weighted by atomic mass is 16.1. The van der Waals surface area contributed by atoms with E-state index >= 15 is 0 Å². The fraction of sp³-hybridized carbons (Fsp3) is 0.0500. The monoisotopic (exact) mass is 328 g/mol. The van der Waals surface area contributed by atoms with Crippen molar-refractivity contribution >= 4 is 21.8 Å². The Balaban J connectivity index is 1.84. The number of aromatic nitrogens is 4. The first-order valence-corrected chi connectivity index (χ1v) is 8.15. The Morgan fingerprint density at radius 3 is 2.52 bits per heavy atom. The molecule has 5 rings (SSSR count). The second-order valence-electron chi connectivity index (χ2n) is 6.25. The summed E-state index contributed by atoms with van der Waals surface area (Å²) in [6.07, 6.45) is 3.96. The predicted octanol–water partition coefficient (Wildman–Crippen LogP) is 4.01. The minimum Gasteiger partial charge on any atom is -0.360 e. The zero-order valence-corrected chi connectivity index (χ0v) is 13.6. The van der Waals surface area contributed by atoms with Gasteiger partial charge in [-0.2, -0.15) is 0 Å². The molecule has 0 bridgehead atoms. The van der Waals surface area contributed by atoms with Crippen LogP contribution < -0.4 is 5.56 Å². The molecule has 0 saturated carbocycles. The van der Waals surface area contributed by atoms with Gasteiger partial charge in [0.25, 0.3) is 5.56 Å². The summed E-state index contributed by atoms with van der Waals surface area (Å²) in [5.74, 6) is 0. The number of H-pyrrole nitrogens is 3. The van der Waals surface area contributed by atoms with Crippen LogP contribution in [0.15, 0.2) is 65.7 Å². The third-order valence-corrected chi connectivity index (χ3v) is 4.80. The van der Waals surface area contributed by atoms with E-state index in [0.717, 1.165) is 38.6 Å². The topological polar surface area (TPSA) is 69.4 Å². The number of nitrogens with zero attached hydrogens (tertiary/aromatic N) is 1. The molecule has 3 N–H and O–H groups in total. The summed E-state index contributed by atoms with van der Waals surface area (Å²) in [6.45, 7) is 0. The van der Waals surface area contributed by atoms with Crippen LogP contribution in [0, 0.1) is 0 Å². The first-order chi connectivity index (χ1) is 12.2. The summed E-state index contributed by atoms with van der Waals surface area (Å²) in [4.78, 5) is 15.9. The van der Waals surface area contributed by atoms with Crippen LogP contribution in [0.1, 0.15) is 0 Å². The van der Waals surface area contributed by atoms with E-state index in [1.807, 2.05) is 49.8 Å². The fourth-order valence-corrected chi connectivity index (χ4v) is 3.64. The highest BCUT2D eigenvalue weighted by Gasteiger charge is 2.20. The molecule has 0 aliphatic carbocycles. The molecule has 0 amide bonds. The van der Waals surface area contributed by atoms with Gasteiger partial charge in [0.05, 0.1) is 11.3 Å². The van der Waals surface area contributed by atoms with E-state index < -0.39 is 0 Å². The molecular weight excluding hydrogens is 312 g/mol. The van der Waals surface area contributed by atoms with Crippen molar-refractivity contribution < 1.29 is 0 Å². The molecule has 0 spiro atoms. The number of fused-ring (bicyclic) bond motifs is 2. The van der Waals surface area contributed by atoms with Gasteiger partial charge in [0, 0.05) is 52.4 Å². The van der Waals surface area contributed by atoms with Crippen LogP contribution in [0.3, 0.4) is 0 Å². The van der Waals surface area contributed by atoms with Gasteiger partial charge in [0.15, 0.2) is 0 Å². The Hall–Kier alpha value is -3.47. The van der Waals surface area contributed by atoms with E-state index in [-0.39, 0.29) is 5.56 Å². The Morgan fingerprint density at radius 1 is 0.880 bits per heavy atom. The van der Waals surface area contributed by atoms with Crippen LogP contribution in [-0.4, -0.2) is 19.7 Å². The first-order valence-electron chi connectivity index (χ1n) is 8.15. The van der Waals surface area contributed by atoms with Crippen molar-refractivity contribution in [1.29, 1.82) is 0 Å². The maximum absolute atomic E-state index is 12.6. The molecule has 3 heterocycles. The number of para-hydroxylation sites is 2. The summed E-state index contributed by atoms with van der Waals surface area (Å²) in [5.41, 5.74) is 5.42. The largest absolute Gasteiger partial charge is 0.360 e. The minimum atomic E-state index is -0.114. The molecule has 0 unspecified atom stereocenters. The van der Waals surface area contributed by atoms with E-state index in [2.05, 4.69) is 37.9 Å². The zero-order chi connectivity index (χ0) is 17.0. The molecule has 0 radical (unpaired) electrons. The number of rotatable bonds is 2. The molecule has 25 heavy (non-hydrogen) atoms. The van der Waals surface area contributed by atoms with E-state index in [1.54, 1.807) is 0 Å². The first kappa shape index (κ1) is 13.9. The van der Waals surface area contributed by atoms with Crippen molar-refractivity contribution in [2.24, 2.45) is 7.05 Å². The lowest BCUT2D eigenvalue weighted by atomic mass is 10.0. The van der Waals surface area contributed by atoms with Gasteiger partial charge >= 0.3 is 0 Å². The zero-order valence-electron chi connectivity index (χ0n) is 13.6. The third-order valence-electron chi connectivity index (χ3n) is 4.80. The summed E-state index contributed by atoms with van der Waals surface area (Å²) >= 11 is 0. The molecule has 0 fully saturated rings. The van der Waals surface area contributed by atoms with Gasteiger partial charge in [-0.1, -0.05) is 36.4 Å². The molecular formula is C20H16N4O. The van der Waals surface area contributed by atoms with Crippen LogP contribution in [0.5, 0.6) is 0 Å². The second kappa shape index (κ2) is 5.01. The predicted molar refractivity (Wildman–Crippen MR) is 101 cm³/mol. The molecule has 5 nitrogen and oxygen atoms in total. The SMILES string of the molecule is Cn1cc(-c2c(-c3c[nH]c4ccccc34)[nH][nH]c2=O)c2ccccc21. The Bertz CT molecular complexity index is 1280. The van der Waals surface area contributed by atoms with Crippen LogP contribution in [0.4, 0.5) is 0 Å². The quantitative estimate of drug-likeness (QED) is 0.450. The van der Waals surface area contributed by atoms with Crippen molar-refractivity contribution in [2.45, 2.75) is 0 Å². The van der Waals surface area contributed by atoms with Crippen molar-refractivity contribution in [2.75, 3.05) is 0 Å². The number of nitrogens with one attached hydrogen (secondary N) is 3. The van der Waals surface area contributed by atoms with Gasteiger partial charge in [-0.3, -0.25) is 15.0 Å². The number of aromatic amines is 3. The lowest BCUT2D eigenvalue weighted by Gasteiger charge is -2.01. The Morgan fingerprint density at radius 2 is 1.64 bits per heavy atom. The average molecular weight is 328 g/mol. The van der Waals surface area contributed by atoms with Crippen LogP contribution >= 0.6 is 0 Å². The van der Waals surface area contributed by atoms with E-state index in [0.29, 0.717) is 5.56 Å². The number of hydrogen-bond donors (Lipinski definition) is 3. The third kappa shape index (κ3) is 1.92. The number of hydrogen-bond acceptors (Lipinski definition) is 1. The van der Waals surface area contributed by atoms with Crippen molar-refractivity contribution in [3.63, 3.8) is 0 Å². The second-order valence-corrected chi connectivity index (χ2v) is 6.25. The highest BCUT2D eigenvalue weighted by Crippen LogP contribution is 2.36. The van der Waals surface area contributed by atoms with Crippen molar-refractivity contribution in [1.82, 2.24) is 19.7 Å². The van der Waals surface area contributed by atoms with Gasteiger partial charge in [0.2, 0.25) is 0 Å². The van der Waals surface area contributed by atoms with E-state index in [4.69, 9.17) is 0 Å². The smallest absolute Gasteiger partial charge is 0.272 e. The van der Waals surface area contributed by atoms with Crippen molar-refractivity contribution in [3.05, 3.63) is 71.3 Å². The van der Waals surface area contributed by atoms with Gasteiger partial charge in [-0.15, -0.1) is 0 Å². The maximum Gasteiger partial charge on any atom is 0.272 e. The maximum atomic E-state index is 12.6. The molecule has 5 heteroatoms. The van der Waals surface area contributed by atoms with Gasteiger partial charge in [-0.05, 0) is 12.1 Å². The average Bonchev–Trinajstić information content (AvgIpc) is 3.31. The lowest BCUT2D eigenvalue weighted by molar-refractivity contribution is 0.970. The molecule has 3 aromatic heterocycles. The fourth-order valence-electron chi connectivity index (χ4n) is 3.64. The Kier molecular flexibility index (Phi) is 2.79. The number of aryl methyl sites for hydroxylation is 1. The van der Waals surface area contributed by atoms with Gasteiger partial charge in [-0.25, -0.2) is 0 Å². The highest BCUT2D eigenvalue weighted by molar-refractivity contribution is 6.03. The molecule has 122 valence electrons. The summed E-state index contributed by atoms with van der Waals surface area (Å²) < 4.78 is 2.05. The van der Waals surface area contributed by atoms with E-state index in [9.17, 15) is 4.79 Å². The molecule has 0 aliphatic rings. The van der Waals surface area contributed by atoms with Gasteiger partial charge < -0.3 is 9.55 Å². The van der Waals surface area contributed by atoms with Crippen LogP contribution in [0.2, 0.25) is 0 Å². The molecule has 5 aromatic rings. The van der Waals surface area contributed by atoms with Crippen LogP contribution in [-0.2, 0) is 7.05 Å². The lowest BCUT2D eigenvalue weighted by Crippen LogP contribution is -2.01. The molecule has 0 atom stereocenters. The van der Waals surface area contributed by atoms with E-state index in [1.165, 1.54) is 0 Å². The number of benzene rings is 2. The standard InChI is InChI=1S/C20H16N4O/c1-24-11-15(13-7-3-5-9-17(13)24)18-19(22-23-20(18)25)14-10-21-16-8-4-2-6-12(14)16/h2-11,21H,1H3,(H2,22,23,25). The molecule has 0 aliphatic heterocycles. The summed E-state index contributed by atoms with van der Waals surface area (Å²) in [6, 6.07) is 16.2. The van der Waals surface area contributed by atoms with Gasteiger partial charge in [0.1, 0.15) is 0 Å². The van der Waals surface area contributed by atoms with Crippen molar-refractivity contribution in [3.8, 4) is 22.4 Å². The minimum absolute atomic E-state index is 0.114. The molecule has 2 aromatic carbocycles. The molecule has 0 saturated heterocycles. The summed E-state index contributed by atoms with van der Waals surface area (Å²) in [7, 11) is 2.00. The van der Waals surface area contributed by atoms with Crippen LogP contribution in [0.25, 0.3) is 44.2 Å².